The van der Waals surface area contributed by atoms with E-state index < -0.39 is 17.7 Å². The van der Waals surface area contributed by atoms with Gasteiger partial charge in [-0.05, 0) is 35.9 Å². The summed E-state index contributed by atoms with van der Waals surface area (Å²) >= 11 is 6.08. The molecule has 2 heterocycles. The summed E-state index contributed by atoms with van der Waals surface area (Å²) in [6.07, 6.45) is 0. The zero-order valence-corrected chi connectivity index (χ0v) is 19.9. The fourth-order valence-corrected chi connectivity index (χ4v) is 4.44. The average Bonchev–Trinajstić information content (AvgIpc) is 3.12. The Kier molecular flexibility index (Phi) is 7.41. The van der Waals surface area contributed by atoms with Gasteiger partial charge in [0.05, 0.1) is 39.0 Å². The number of halogens is 1. The second-order valence-corrected chi connectivity index (χ2v) is 8.50. The number of morpholine rings is 1. The standard InChI is InChI=1S/C25H27ClN2O6/c1-32-19-8-5-17(15-20(19)33-2)23(29)21-22(16-3-6-18(26)7-4-16)28(25(31)24(21)30)10-9-27-11-13-34-14-12-27/h3-8,15,22,29H,9-14H2,1-2H3/b23-21+. The highest BCUT2D eigenvalue weighted by Gasteiger charge is 2.46. The van der Waals surface area contributed by atoms with Crippen LogP contribution in [0.15, 0.2) is 48.0 Å². The Morgan fingerprint density at radius 2 is 1.71 bits per heavy atom. The molecule has 34 heavy (non-hydrogen) atoms. The van der Waals surface area contributed by atoms with E-state index in [4.69, 9.17) is 25.8 Å². The third-order valence-corrected chi connectivity index (χ3v) is 6.40. The van der Waals surface area contributed by atoms with Crippen LogP contribution in [0.25, 0.3) is 5.76 Å². The van der Waals surface area contributed by atoms with E-state index in [0.29, 0.717) is 54.0 Å². The molecule has 2 aliphatic heterocycles. The lowest BCUT2D eigenvalue weighted by Gasteiger charge is -2.31. The number of methoxy groups -OCH3 is 2. The number of carbonyl (C=O) groups excluding carboxylic acids is 2. The van der Waals surface area contributed by atoms with Crippen molar-refractivity contribution >= 4 is 29.1 Å². The summed E-state index contributed by atoms with van der Waals surface area (Å²) in [6, 6.07) is 11.0. The number of Topliss-reactive ketones (excluding diaryl/α,β-unsaturated/α-hetero) is 1. The second kappa shape index (κ2) is 10.5. The summed E-state index contributed by atoms with van der Waals surface area (Å²) in [4.78, 5) is 30.0. The van der Waals surface area contributed by atoms with Crippen LogP contribution in [0.2, 0.25) is 5.02 Å². The molecular weight excluding hydrogens is 460 g/mol. The lowest BCUT2D eigenvalue weighted by Crippen LogP contribution is -2.42. The van der Waals surface area contributed by atoms with Gasteiger partial charge in [0.1, 0.15) is 5.76 Å². The molecule has 1 unspecified atom stereocenters. The van der Waals surface area contributed by atoms with E-state index in [2.05, 4.69) is 4.90 Å². The van der Waals surface area contributed by atoms with Gasteiger partial charge in [0.2, 0.25) is 0 Å². The van der Waals surface area contributed by atoms with Crippen LogP contribution in [0.4, 0.5) is 0 Å². The highest BCUT2D eigenvalue weighted by Crippen LogP contribution is 2.40. The van der Waals surface area contributed by atoms with Crippen LogP contribution in [-0.4, -0.2) is 80.2 Å². The molecule has 2 saturated heterocycles. The minimum atomic E-state index is -0.744. The Morgan fingerprint density at radius 3 is 2.35 bits per heavy atom. The number of rotatable bonds is 7. The highest BCUT2D eigenvalue weighted by molar-refractivity contribution is 6.46. The minimum absolute atomic E-state index is 0.0292. The number of nitrogens with zero attached hydrogens (tertiary/aromatic N) is 2. The Hall–Kier alpha value is -3.07. The fraction of sp³-hybridized carbons (Fsp3) is 0.360. The van der Waals surface area contributed by atoms with Crippen molar-refractivity contribution < 1.29 is 28.9 Å². The van der Waals surface area contributed by atoms with Gasteiger partial charge in [0.25, 0.3) is 11.7 Å². The van der Waals surface area contributed by atoms with Crippen molar-refractivity contribution in [2.75, 3.05) is 53.6 Å². The van der Waals surface area contributed by atoms with E-state index >= 15 is 0 Å². The van der Waals surface area contributed by atoms with Crippen LogP contribution >= 0.6 is 11.6 Å². The molecule has 180 valence electrons. The number of hydrogen-bond acceptors (Lipinski definition) is 7. The van der Waals surface area contributed by atoms with Gasteiger partial charge < -0.3 is 24.2 Å². The molecule has 9 heteroatoms. The monoisotopic (exact) mass is 486 g/mol. The molecule has 2 aliphatic rings. The maximum Gasteiger partial charge on any atom is 0.295 e. The predicted molar refractivity (Wildman–Crippen MR) is 127 cm³/mol. The lowest BCUT2D eigenvalue weighted by atomic mass is 9.95. The molecule has 0 aliphatic carbocycles. The molecular formula is C25H27ClN2O6. The molecule has 1 atom stereocenters. The number of ketones is 1. The summed E-state index contributed by atoms with van der Waals surface area (Å²) in [5.74, 6) is -0.757. The quantitative estimate of drug-likeness (QED) is 0.365. The van der Waals surface area contributed by atoms with E-state index in [0.717, 1.165) is 13.1 Å². The topological polar surface area (TPSA) is 88.5 Å². The molecule has 0 aromatic heterocycles. The molecule has 0 radical (unpaired) electrons. The molecule has 1 N–H and O–H groups in total. The average molecular weight is 487 g/mol. The van der Waals surface area contributed by atoms with E-state index in [1.165, 1.54) is 19.1 Å². The van der Waals surface area contributed by atoms with Gasteiger partial charge in [-0.2, -0.15) is 0 Å². The number of amides is 1. The van der Waals surface area contributed by atoms with Crippen LogP contribution in [0, 0.1) is 0 Å². The molecule has 0 spiro atoms. The van der Waals surface area contributed by atoms with Crippen LogP contribution in [-0.2, 0) is 14.3 Å². The highest BCUT2D eigenvalue weighted by atomic mass is 35.5. The first kappa shape index (κ1) is 24.1. The van der Waals surface area contributed by atoms with E-state index in [-0.39, 0.29) is 11.3 Å². The number of benzene rings is 2. The smallest absolute Gasteiger partial charge is 0.295 e. The van der Waals surface area contributed by atoms with Crippen LogP contribution < -0.4 is 9.47 Å². The largest absolute Gasteiger partial charge is 0.507 e. The van der Waals surface area contributed by atoms with Gasteiger partial charge in [-0.15, -0.1) is 0 Å². The van der Waals surface area contributed by atoms with Crippen molar-refractivity contribution in [1.82, 2.24) is 9.80 Å². The Bertz CT molecular complexity index is 1100. The van der Waals surface area contributed by atoms with Crippen LogP contribution in [0.3, 0.4) is 0 Å². The molecule has 0 saturated carbocycles. The molecule has 1 amide bonds. The molecule has 2 aromatic carbocycles. The van der Waals surface area contributed by atoms with Gasteiger partial charge in [0.15, 0.2) is 11.5 Å². The maximum absolute atomic E-state index is 13.2. The number of likely N-dealkylation sites (tertiary alicyclic amines) is 1. The SMILES string of the molecule is COc1ccc(/C(O)=C2\C(=O)C(=O)N(CCN3CCOCC3)C2c2ccc(Cl)cc2)cc1OC. The normalized spacial score (nSPS) is 20.6. The van der Waals surface area contributed by atoms with Crippen LogP contribution in [0.5, 0.6) is 11.5 Å². The third kappa shape index (κ3) is 4.75. The summed E-state index contributed by atoms with van der Waals surface area (Å²) < 4.78 is 16.0. The summed E-state index contributed by atoms with van der Waals surface area (Å²) in [5, 5.41) is 11.8. The van der Waals surface area contributed by atoms with Gasteiger partial charge >= 0.3 is 0 Å². The zero-order chi connectivity index (χ0) is 24.2. The fourth-order valence-electron chi connectivity index (χ4n) is 4.32. The number of carbonyl (C=O) groups is 2. The third-order valence-electron chi connectivity index (χ3n) is 6.14. The van der Waals surface area contributed by atoms with Crippen molar-refractivity contribution in [3.05, 3.63) is 64.2 Å². The van der Waals surface area contributed by atoms with Gasteiger partial charge in [-0.3, -0.25) is 14.5 Å². The zero-order valence-electron chi connectivity index (χ0n) is 19.1. The minimum Gasteiger partial charge on any atom is -0.507 e. The number of hydrogen-bond donors (Lipinski definition) is 1. The van der Waals surface area contributed by atoms with Gasteiger partial charge in [0, 0.05) is 36.8 Å². The first-order valence-corrected chi connectivity index (χ1v) is 11.4. The summed E-state index contributed by atoms with van der Waals surface area (Å²) in [7, 11) is 3.00. The Labute approximate surface area is 203 Å². The van der Waals surface area contributed by atoms with Crippen molar-refractivity contribution in [2.45, 2.75) is 6.04 Å². The van der Waals surface area contributed by atoms with E-state index in [1.54, 1.807) is 42.5 Å². The second-order valence-electron chi connectivity index (χ2n) is 8.07. The van der Waals surface area contributed by atoms with Crippen molar-refractivity contribution in [1.29, 1.82) is 0 Å². The van der Waals surface area contributed by atoms with E-state index in [1.807, 2.05) is 0 Å². The van der Waals surface area contributed by atoms with Crippen molar-refractivity contribution in [3.8, 4) is 11.5 Å². The molecule has 8 nitrogen and oxygen atoms in total. The van der Waals surface area contributed by atoms with Crippen molar-refractivity contribution in [2.24, 2.45) is 0 Å². The summed E-state index contributed by atoms with van der Waals surface area (Å²) in [5.41, 5.74) is 1.07. The van der Waals surface area contributed by atoms with Gasteiger partial charge in [-0.25, -0.2) is 0 Å². The van der Waals surface area contributed by atoms with Gasteiger partial charge in [-0.1, -0.05) is 23.7 Å². The first-order valence-electron chi connectivity index (χ1n) is 11.0. The molecule has 4 rings (SSSR count). The lowest BCUT2D eigenvalue weighted by molar-refractivity contribution is -0.140. The number of aliphatic hydroxyl groups excluding tert-OH is 1. The van der Waals surface area contributed by atoms with Crippen molar-refractivity contribution in [3.63, 3.8) is 0 Å². The Balaban J connectivity index is 1.75. The number of ether oxygens (including phenoxy) is 3. The molecule has 2 aromatic rings. The summed E-state index contributed by atoms with van der Waals surface area (Å²) in [6.45, 7) is 3.73. The maximum atomic E-state index is 13.2. The van der Waals surface area contributed by atoms with Crippen LogP contribution in [0.1, 0.15) is 17.2 Å². The molecule has 2 fully saturated rings. The first-order chi connectivity index (χ1) is 16.4. The predicted octanol–water partition coefficient (Wildman–Crippen LogP) is 3.11. The molecule has 0 bridgehead atoms. The number of aliphatic hydroxyl groups is 1. The van der Waals surface area contributed by atoms with E-state index in [9.17, 15) is 14.7 Å². The Morgan fingerprint density at radius 1 is 1.03 bits per heavy atom.